The molecule has 0 saturated carbocycles. The molecule has 0 saturated heterocycles. The maximum Gasteiger partial charge on any atom is 0.0919 e. The van der Waals surface area contributed by atoms with Gasteiger partial charge in [-0.25, -0.2) is 4.98 Å². The Kier molecular flexibility index (Phi) is 6.33. The van der Waals surface area contributed by atoms with E-state index in [0.29, 0.717) is 0 Å². The van der Waals surface area contributed by atoms with Crippen molar-refractivity contribution in [3.8, 4) is 0 Å². The first-order chi connectivity index (χ1) is 5.00. The van der Waals surface area contributed by atoms with Crippen LogP contribution in [0.25, 0.3) is 0 Å². The van der Waals surface area contributed by atoms with Gasteiger partial charge in [-0.05, 0) is 19.3 Å². The van der Waals surface area contributed by atoms with Crippen LogP contribution in [0.1, 0.15) is 19.3 Å². The number of hydrogen-bond acceptors (Lipinski definition) is 2. The van der Waals surface area contributed by atoms with Crippen molar-refractivity contribution < 1.29 is 0 Å². The van der Waals surface area contributed by atoms with Gasteiger partial charge in [0.1, 0.15) is 0 Å². The van der Waals surface area contributed by atoms with Gasteiger partial charge in [0.05, 0.1) is 6.33 Å². The topological polar surface area (TPSA) is 63.7 Å². The fraction of sp³-hybridized carbons (Fsp3) is 0.375. The van der Waals surface area contributed by atoms with Crippen LogP contribution >= 0.6 is 0 Å². The molecule has 0 radical (unpaired) electrons. The van der Waals surface area contributed by atoms with Crippen LogP contribution in [0.2, 0.25) is 0 Å². The highest BCUT2D eigenvalue weighted by molar-refractivity contribution is 4.88. The first kappa shape index (κ1) is 9.91. The van der Waals surface area contributed by atoms with E-state index in [9.17, 15) is 0 Å². The zero-order chi connectivity index (χ0) is 7.07. The second-order valence-electron chi connectivity index (χ2n) is 2.16. The Labute approximate surface area is 67.1 Å². The van der Waals surface area contributed by atoms with Gasteiger partial charge in [-0.2, -0.15) is 0 Å². The van der Waals surface area contributed by atoms with Gasteiger partial charge in [-0.3, -0.25) is 0 Å². The maximum atomic E-state index is 3.67. The minimum absolute atomic E-state index is 0. The predicted molar refractivity (Wildman–Crippen MR) is 46.6 cm³/mol. The molecular formula is C8H15N3. The molecule has 11 heavy (non-hydrogen) atoms. The molecule has 1 aromatic rings. The summed E-state index contributed by atoms with van der Waals surface area (Å²) in [5.41, 5.74) is 0. The van der Waals surface area contributed by atoms with E-state index in [-0.39, 0.29) is 6.15 Å². The summed E-state index contributed by atoms with van der Waals surface area (Å²) in [6.45, 7) is 0. The van der Waals surface area contributed by atoms with E-state index in [0.717, 1.165) is 0 Å². The molecule has 62 valence electrons. The highest BCUT2D eigenvalue weighted by Crippen LogP contribution is 2.05. The molecule has 1 heterocycles. The van der Waals surface area contributed by atoms with Crippen molar-refractivity contribution in [3.63, 3.8) is 0 Å². The van der Waals surface area contributed by atoms with E-state index < -0.39 is 0 Å². The predicted octanol–water partition coefficient (Wildman–Crippen LogP) is 2.30. The number of imidazole rings is 1. The smallest absolute Gasteiger partial charge is 0.0919 e. The monoisotopic (exact) mass is 153 g/mol. The van der Waals surface area contributed by atoms with Crippen molar-refractivity contribution in [2.75, 3.05) is 0 Å². The maximum absolute atomic E-state index is 3.67. The lowest BCUT2D eigenvalue weighted by atomic mass is 10.4. The van der Waals surface area contributed by atoms with Gasteiger partial charge in [0.25, 0.3) is 0 Å². The molecule has 0 aromatic carbocycles. The second-order valence-corrected chi connectivity index (χ2v) is 2.16. The second kappa shape index (κ2) is 7.02. The normalized spacial score (nSPS) is 13.1. The van der Waals surface area contributed by atoms with E-state index in [1.165, 1.54) is 19.3 Å². The SMILES string of the molecule is C1=CCCC1.N.c1c[nH]cn1. The summed E-state index contributed by atoms with van der Waals surface area (Å²) in [5, 5.41) is 0. The van der Waals surface area contributed by atoms with Crippen molar-refractivity contribution in [3.05, 3.63) is 30.9 Å². The Balaban J connectivity index is 0.000000167. The zero-order valence-electron chi connectivity index (χ0n) is 6.66. The van der Waals surface area contributed by atoms with Gasteiger partial charge in [0, 0.05) is 12.4 Å². The molecule has 1 aliphatic carbocycles. The van der Waals surface area contributed by atoms with Crippen LogP contribution in [0.3, 0.4) is 0 Å². The summed E-state index contributed by atoms with van der Waals surface area (Å²) in [6, 6.07) is 0. The molecule has 0 aliphatic heterocycles. The molecule has 4 N–H and O–H groups in total. The molecule has 2 rings (SSSR count). The summed E-state index contributed by atoms with van der Waals surface area (Å²) in [4.78, 5) is 6.42. The van der Waals surface area contributed by atoms with Crippen molar-refractivity contribution >= 4 is 0 Å². The van der Waals surface area contributed by atoms with Crippen molar-refractivity contribution in [1.82, 2.24) is 16.1 Å². The number of hydrogen-bond donors (Lipinski definition) is 2. The molecule has 0 amide bonds. The first-order valence-electron chi connectivity index (χ1n) is 3.58. The molecule has 0 spiro atoms. The van der Waals surface area contributed by atoms with E-state index in [4.69, 9.17) is 0 Å². The minimum atomic E-state index is 0. The third kappa shape index (κ3) is 5.36. The molecule has 1 aliphatic rings. The minimum Gasteiger partial charge on any atom is -0.351 e. The van der Waals surface area contributed by atoms with E-state index >= 15 is 0 Å². The average molecular weight is 153 g/mol. The molecule has 1 aromatic heterocycles. The van der Waals surface area contributed by atoms with E-state index in [2.05, 4.69) is 22.1 Å². The summed E-state index contributed by atoms with van der Waals surface area (Å²) in [5.74, 6) is 0. The number of aromatic nitrogens is 2. The summed E-state index contributed by atoms with van der Waals surface area (Å²) in [7, 11) is 0. The van der Waals surface area contributed by atoms with Crippen LogP contribution in [0.4, 0.5) is 0 Å². The van der Waals surface area contributed by atoms with Gasteiger partial charge in [0.15, 0.2) is 0 Å². The van der Waals surface area contributed by atoms with Crippen LogP contribution in [0.5, 0.6) is 0 Å². The lowest BCUT2D eigenvalue weighted by Gasteiger charge is -1.69. The van der Waals surface area contributed by atoms with E-state index in [1.807, 2.05) is 0 Å². The Morgan fingerprint density at radius 1 is 1.18 bits per heavy atom. The fourth-order valence-electron chi connectivity index (χ4n) is 0.804. The zero-order valence-corrected chi connectivity index (χ0v) is 6.66. The Morgan fingerprint density at radius 3 is 2.09 bits per heavy atom. The largest absolute Gasteiger partial charge is 0.351 e. The summed E-state index contributed by atoms with van der Waals surface area (Å²) in [6.07, 6.45) is 13.6. The van der Waals surface area contributed by atoms with Crippen molar-refractivity contribution in [2.24, 2.45) is 0 Å². The van der Waals surface area contributed by atoms with Crippen LogP contribution in [-0.4, -0.2) is 9.97 Å². The quantitative estimate of drug-likeness (QED) is 0.562. The number of allylic oxidation sites excluding steroid dienone is 2. The fourth-order valence-corrected chi connectivity index (χ4v) is 0.804. The van der Waals surface area contributed by atoms with Gasteiger partial charge >= 0.3 is 0 Å². The van der Waals surface area contributed by atoms with E-state index in [1.54, 1.807) is 18.7 Å². The number of nitrogens with one attached hydrogen (secondary N) is 1. The van der Waals surface area contributed by atoms with Crippen molar-refractivity contribution in [2.45, 2.75) is 19.3 Å². The lowest BCUT2D eigenvalue weighted by molar-refractivity contribution is 0.929. The van der Waals surface area contributed by atoms with Gasteiger partial charge in [0.2, 0.25) is 0 Å². The van der Waals surface area contributed by atoms with Crippen LogP contribution < -0.4 is 6.15 Å². The van der Waals surface area contributed by atoms with Gasteiger partial charge in [-0.1, -0.05) is 12.2 Å². The molecule has 0 bridgehead atoms. The summed E-state index contributed by atoms with van der Waals surface area (Å²) >= 11 is 0. The average Bonchev–Trinajstić information content (AvgIpc) is 2.67. The highest BCUT2D eigenvalue weighted by Gasteiger charge is 1.84. The van der Waals surface area contributed by atoms with Gasteiger partial charge in [-0.15, -0.1) is 0 Å². The Morgan fingerprint density at radius 2 is 1.91 bits per heavy atom. The lowest BCUT2D eigenvalue weighted by Crippen LogP contribution is -1.50. The van der Waals surface area contributed by atoms with Crippen LogP contribution in [-0.2, 0) is 0 Å². The molecule has 0 atom stereocenters. The molecule has 3 nitrogen and oxygen atoms in total. The van der Waals surface area contributed by atoms with Crippen LogP contribution in [0.15, 0.2) is 30.9 Å². The molecule has 3 heteroatoms. The number of nitrogens with zero attached hydrogens (tertiary/aromatic N) is 1. The third-order valence-electron chi connectivity index (χ3n) is 1.31. The first-order valence-corrected chi connectivity index (χ1v) is 3.58. The highest BCUT2D eigenvalue weighted by atomic mass is 14.8. The molecule has 0 unspecified atom stereocenters. The molecular weight excluding hydrogens is 138 g/mol. The standard InChI is InChI=1S/C5H8.C3H4N2.H3N/c1-2-4-5-3-1;1-2-5-3-4-1;/h1-2H,3-5H2;1-3H,(H,4,5);1H3. The number of H-pyrrole nitrogens is 1. The van der Waals surface area contributed by atoms with Gasteiger partial charge < -0.3 is 11.1 Å². The number of rotatable bonds is 0. The third-order valence-corrected chi connectivity index (χ3v) is 1.31. The number of aromatic amines is 1. The van der Waals surface area contributed by atoms with Crippen molar-refractivity contribution in [1.29, 1.82) is 0 Å². The van der Waals surface area contributed by atoms with Crippen LogP contribution in [0, 0.1) is 0 Å². The Bertz CT molecular complexity index is 144. The summed E-state index contributed by atoms with van der Waals surface area (Å²) < 4.78 is 0. The Hall–Kier alpha value is -1.09. The molecule has 0 fully saturated rings.